The number of carbonyl (C=O) groups excluding carboxylic acids is 1. The SMILES string of the molecule is CCCCCCCCCCCCC(S)C(=O)OCC. The van der Waals surface area contributed by atoms with Crippen molar-refractivity contribution in [1.29, 1.82) is 0 Å². The van der Waals surface area contributed by atoms with E-state index in [-0.39, 0.29) is 11.2 Å². The fourth-order valence-corrected chi connectivity index (χ4v) is 2.44. The molecule has 19 heavy (non-hydrogen) atoms. The predicted molar refractivity (Wildman–Crippen MR) is 85.9 cm³/mol. The fourth-order valence-electron chi connectivity index (χ4n) is 2.18. The summed E-state index contributed by atoms with van der Waals surface area (Å²) >= 11 is 4.28. The van der Waals surface area contributed by atoms with E-state index in [1.807, 2.05) is 6.92 Å². The highest BCUT2D eigenvalue weighted by Crippen LogP contribution is 2.14. The molecule has 0 heterocycles. The standard InChI is InChI=1S/C16H32O2S/c1-3-5-6-7-8-9-10-11-12-13-14-15(19)16(17)18-4-2/h15,19H,3-14H2,1-2H3. The number of hydrogen-bond acceptors (Lipinski definition) is 3. The lowest BCUT2D eigenvalue weighted by atomic mass is 10.1. The van der Waals surface area contributed by atoms with Crippen LogP contribution in [0.4, 0.5) is 0 Å². The zero-order chi connectivity index (χ0) is 14.3. The summed E-state index contributed by atoms with van der Waals surface area (Å²) in [7, 11) is 0. The van der Waals surface area contributed by atoms with Crippen LogP contribution in [0.5, 0.6) is 0 Å². The Hall–Kier alpha value is -0.180. The first-order valence-electron chi connectivity index (χ1n) is 8.07. The summed E-state index contributed by atoms with van der Waals surface area (Å²) < 4.78 is 4.93. The maximum Gasteiger partial charge on any atom is 0.318 e. The molecule has 0 aromatic rings. The van der Waals surface area contributed by atoms with E-state index in [0.717, 1.165) is 12.8 Å². The van der Waals surface area contributed by atoms with Gasteiger partial charge in [-0.3, -0.25) is 4.79 Å². The Kier molecular flexibility index (Phi) is 14.1. The first-order chi connectivity index (χ1) is 9.22. The Morgan fingerprint density at radius 2 is 1.37 bits per heavy atom. The zero-order valence-corrected chi connectivity index (χ0v) is 13.7. The second-order valence-corrected chi connectivity index (χ2v) is 5.86. The van der Waals surface area contributed by atoms with E-state index in [0.29, 0.717) is 6.61 Å². The number of carbonyl (C=O) groups is 1. The molecule has 0 aromatic carbocycles. The molecule has 0 rings (SSSR count). The Morgan fingerprint density at radius 1 is 0.895 bits per heavy atom. The van der Waals surface area contributed by atoms with Crippen molar-refractivity contribution in [3.8, 4) is 0 Å². The van der Waals surface area contributed by atoms with Crippen LogP contribution in [0.2, 0.25) is 0 Å². The Morgan fingerprint density at radius 3 is 1.84 bits per heavy atom. The lowest BCUT2D eigenvalue weighted by molar-refractivity contribution is -0.142. The van der Waals surface area contributed by atoms with Crippen LogP contribution < -0.4 is 0 Å². The van der Waals surface area contributed by atoms with Gasteiger partial charge in [0.15, 0.2) is 0 Å². The van der Waals surface area contributed by atoms with Crippen LogP contribution in [0.3, 0.4) is 0 Å². The van der Waals surface area contributed by atoms with Gasteiger partial charge in [-0.1, -0.05) is 71.1 Å². The van der Waals surface area contributed by atoms with E-state index < -0.39 is 0 Å². The highest BCUT2D eigenvalue weighted by molar-refractivity contribution is 7.81. The molecule has 0 aliphatic carbocycles. The molecule has 0 aromatic heterocycles. The normalized spacial score (nSPS) is 12.4. The first kappa shape index (κ1) is 18.8. The number of hydrogen-bond donors (Lipinski definition) is 1. The van der Waals surface area contributed by atoms with Crippen molar-refractivity contribution in [2.24, 2.45) is 0 Å². The van der Waals surface area contributed by atoms with Gasteiger partial charge in [0.25, 0.3) is 0 Å². The summed E-state index contributed by atoms with van der Waals surface area (Å²) in [4.78, 5) is 11.3. The van der Waals surface area contributed by atoms with Crippen molar-refractivity contribution in [1.82, 2.24) is 0 Å². The molecule has 0 N–H and O–H groups in total. The van der Waals surface area contributed by atoms with Crippen LogP contribution in [0.15, 0.2) is 0 Å². The molecular formula is C16H32O2S. The van der Waals surface area contributed by atoms with Crippen molar-refractivity contribution < 1.29 is 9.53 Å². The van der Waals surface area contributed by atoms with Gasteiger partial charge in [0.2, 0.25) is 0 Å². The summed E-state index contributed by atoms with van der Waals surface area (Å²) in [5.74, 6) is -0.165. The van der Waals surface area contributed by atoms with Crippen molar-refractivity contribution in [2.45, 2.75) is 89.7 Å². The maximum absolute atomic E-state index is 11.3. The van der Waals surface area contributed by atoms with Gasteiger partial charge in [0, 0.05) is 0 Å². The Labute approximate surface area is 125 Å². The highest BCUT2D eigenvalue weighted by atomic mass is 32.1. The van der Waals surface area contributed by atoms with Gasteiger partial charge < -0.3 is 4.74 Å². The molecule has 0 saturated carbocycles. The molecular weight excluding hydrogens is 256 g/mol. The number of esters is 1. The van der Waals surface area contributed by atoms with Gasteiger partial charge in [0.05, 0.1) is 11.9 Å². The van der Waals surface area contributed by atoms with Gasteiger partial charge in [-0.05, 0) is 13.3 Å². The number of ether oxygens (including phenoxy) is 1. The van der Waals surface area contributed by atoms with E-state index in [9.17, 15) is 4.79 Å². The third-order valence-corrected chi connectivity index (χ3v) is 3.86. The topological polar surface area (TPSA) is 26.3 Å². The third kappa shape index (κ3) is 12.6. The molecule has 0 aliphatic heterocycles. The van der Waals surface area contributed by atoms with Gasteiger partial charge in [-0.15, -0.1) is 0 Å². The molecule has 0 spiro atoms. The largest absolute Gasteiger partial charge is 0.465 e. The smallest absolute Gasteiger partial charge is 0.318 e. The van der Waals surface area contributed by atoms with Crippen molar-refractivity contribution in [2.75, 3.05) is 6.61 Å². The summed E-state index contributed by atoms with van der Waals surface area (Å²) in [6, 6.07) is 0. The first-order valence-corrected chi connectivity index (χ1v) is 8.58. The minimum absolute atomic E-state index is 0.165. The van der Waals surface area contributed by atoms with Crippen LogP contribution in [-0.2, 0) is 9.53 Å². The molecule has 0 fully saturated rings. The highest BCUT2D eigenvalue weighted by Gasteiger charge is 2.13. The Balaban J connectivity index is 3.20. The van der Waals surface area contributed by atoms with Crippen LogP contribution >= 0.6 is 12.6 Å². The summed E-state index contributed by atoms with van der Waals surface area (Å²) in [6.07, 6.45) is 14.0. The maximum atomic E-state index is 11.3. The van der Waals surface area contributed by atoms with E-state index in [1.165, 1.54) is 57.8 Å². The van der Waals surface area contributed by atoms with E-state index >= 15 is 0 Å². The number of thiol groups is 1. The summed E-state index contributed by atoms with van der Waals surface area (Å²) in [6.45, 7) is 4.54. The summed E-state index contributed by atoms with van der Waals surface area (Å²) in [5, 5.41) is -0.228. The molecule has 0 aliphatic rings. The van der Waals surface area contributed by atoms with Crippen LogP contribution in [0.25, 0.3) is 0 Å². The lowest BCUT2D eigenvalue weighted by Gasteiger charge is -2.09. The minimum Gasteiger partial charge on any atom is -0.465 e. The van der Waals surface area contributed by atoms with E-state index in [2.05, 4.69) is 19.6 Å². The second kappa shape index (κ2) is 14.2. The lowest BCUT2D eigenvalue weighted by Crippen LogP contribution is -2.17. The van der Waals surface area contributed by atoms with Crippen LogP contribution in [0, 0.1) is 0 Å². The summed E-state index contributed by atoms with van der Waals surface area (Å²) in [5.41, 5.74) is 0. The molecule has 0 amide bonds. The fraction of sp³-hybridized carbons (Fsp3) is 0.938. The van der Waals surface area contributed by atoms with Gasteiger partial charge in [0.1, 0.15) is 0 Å². The monoisotopic (exact) mass is 288 g/mol. The molecule has 1 unspecified atom stereocenters. The van der Waals surface area contributed by atoms with Crippen LogP contribution in [-0.4, -0.2) is 17.8 Å². The molecule has 114 valence electrons. The second-order valence-electron chi connectivity index (χ2n) is 5.24. The Bertz CT molecular complexity index is 207. The minimum atomic E-state index is -0.228. The van der Waals surface area contributed by atoms with Crippen molar-refractivity contribution in [3.63, 3.8) is 0 Å². The van der Waals surface area contributed by atoms with Crippen LogP contribution in [0.1, 0.15) is 84.5 Å². The number of unbranched alkanes of at least 4 members (excludes halogenated alkanes) is 9. The molecule has 0 bridgehead atoms. The van der Waals surface area contributed by atoms with Gasteiger partial charge in [-0.2, -0.15) is 12.6 Å². The number of rotatable bonds is 13. The van der Waals surface area contributed by atoms with Gasteiger partial charge >= 0.3 is 5.97 Å². The molecule has 2 nitrogen and oxygen atoms in total. The average molecular weight is 288 g/mol. The molecule has 0 saturated heterocycles. The predicted octanol–water partition coefficient (Wildman–Crippen LogP) is 5.16. The third-order valence-electron chi connectivity index (χ3n) is 3.39. The van der Waals surface area contributed by atoms with E-state index in [1.54, 1.807) is 0 Å². The quantitative estimate of drug-likeness (QED) is 0.288. The van der Waals surface area contributed by atoms with E-state index in [4.69, 9.17) is 4.74 Å². The average Bonchev–Trinajstić information content (AvgIpc) is 2.41. The van der Waals surface area contributed by atoms with Crippen molar-refractivity contribution >= 4 is 18.6 Å². The van der Waals surface area contributed by atoms with Crippen molar-refractivity contribution in [3.05, 3.63) is 0 Å². The zero-order valence-electron chi connectivity index (χ0n) is 12.8. The molecule has 0 radical (unpaired) electrons. The molecule has 1 atom stereocenters. The molecule has 3 heteroatoms. The van der Waals surface area contributed by atoms with Gasteiger partial charge in [-0.25, -0.2) is 0 Å².